The molecule has 8 heteroatoms. The van der Waals surface area contributed by atoms with Crippen LogP contribution in [0.1, 0.15) is 11.1 Å². The molecule has 4 aromatic heterocycles. The average Bonchev–Trinajstić information content (AvgIpc) is 3.79. The molecule has 0 aliphatic heterocycles. The number of ether oxygens (including phenoxy) is 1. The molecule has 0 saturated heterocycles. The second-order valence-electron chi connectivity index (χ2n) is 11.0. The molecule has 45 heavy (non-hydrogen) atoms. The van der Waals surface area contributed by atoms with Crippen molar-refractivity contribution in [3.8, 4) is 23.1 Å². The molecule has 9 aromatic rings. The van der Waals surface area contributed by atoms with Crippen molar-refractivity contribution in [3.63, 3.8) is 0 Å². The van der Waals surface area contributed by atoms with Crippen LogP contribution in [0.3, 0.4) is 0 Å². The first-order chi connectivity index (χ1) is 21.7. The minimum Gasteiger partial charge on any atom is -0.503 e. The van der Waals surface area contributed by atoms with Gasteiger partial charge in [0, 0.05) is 34.9 Å². The molecular weight excluding hydrogens is 740 g/mol. The van der Waals surface area contributed by atoms with Crippen molar-refractivity contribution < 1.29 is 25.8 Å². The molecule has 4 heterocycles. The van der Waals surface area contributed by atoms with E-state index in [1.165, 1.54) is 11.1 Å². The quantitative estimate of drug-likeness (QED) is 0.134. The Morgan fingerprint density at radius 2 is 1.38 bits per heavy atom. The number of aromatic nitrogens is 6. The first kappa shape index (κ1) is 27.3. The van der Waals surface area contributed by atoms with E-state index in [0.717, 1.165) is 60.8 Å². The fourth-order valence-electron chi connectivity index (χ4n) is 6.51. The Hall–Kier alpha value is -5.26. The van der Waals surface area contributed by atoms with Gasteiger partial charge in [0.2, 0.25) is 5.95 Å². The number of fused-ring (bicyclic) bond motifs is 9. The zero-order chi connectivity index (χ0) is 29.4. The van der Waals surface area contributed by atoms with Crippen LogP contribution in [0.2, 0.25) is 0 Å². The number of rotatable bonds is 4. The maximum atomic E-state index is 6.44. The summed E-state index contributed by atoms with van der Waals surface area (Å²) in [6, 6.07) is 38.1. The summed E-state index contributed by atoms with van der Waals surface area (Å²) in [6.45, 7) is 4.26. The number of benzene rings is 5. The maximum absolute atomic E-state index is 6.44. The standard InChI is InChI=1S/C37H24N6O.Pt/c1-23-8-7-9-24(2)35(23)41-19-18-38-37(41)43-33-13-6-4-11-29(33)30-17-15-26(21-34(30)43)44-25-14-16-27-28-10-3-5-12-32(28)42-22-39-40-36(42)31(27)20-25;/h3-19,22H,1-2H3;/q-2;+2. The van der Waals surface area contributed by atoms with Crippen molar-refractivity contribution >= 4 is 49.1 Å². The van der Waals surface area contributed by atoms with Gasteiger partial charge in [0.25, 0.3) is 0 Å². The molecule has 5 aromatic carbocycles. The molecule has 0 atom stereocenters. The predicted molar refractivity (Wildman–Crippen MR) is 173 cm³/mol. The van der Waals surface area contributed by atoms with E-state index in [1.54, 1.807) is 6.33 Å². The Morgan fingerprint density at radius 3 is 2.18 bits per heavy atom. The van der Waals surface area contributed by atoms with Crippen LogP contribution >= 0.6 is 0 Å². The minimum absolute atomic E-state index is 0. The van der Waals surface area contributed by atoms with Gasteiger partial charge >= 0.3 is 21.1 Å². The molecule has 7 nitrogen and oxygen atoms in total. The van der Waals surface area contributed by atoms with Crippen molar-refractivity contribution in [1.29, 1.82) is 0 Å². The first-order valence-electron chi connectivity index (χ1n) is 14.5. The van der Waals surface area contributed by atoms with Crippen LogP contribution in [-0.2, 0) is 21.1 Å². The van der Waals surface area contributed by atoms with E-state index in [0.29, 0.717) is 11.5 Å². The van der Waals surface area contributed by atoms with Crippen LogP contribution in [0.15, 0.2) is 110 Å². The second-order valence-corrected chi connectivity index (χ2v) is 11.0. The molecule has 0 amide bonds. The monoisotopic (exact) mass is 763 g/mol. The number of aryl methyl sites for hydroxylation is 2. The van der Waals surface area contributed by atoms with E-state index < -0.39 is 0 Å². The van der Waals surface area contributed by atoms with Gasteiger partial charge in [-0.1, -0.05) is 77.0 Å². The van der Waals surface area contributed by atoms with E-state index in [1.807, 2.05) is 41.1 Å². The third-order valence-electron chi connectivity index (χ3n) is 8.42. The van der Waals surface area contributed by atoms with Gasteiger partial charge in [-0.3, -0.25) is 4.57 Å². The maximum Gasteiger partial charge on any atom is 2.00 e. The summed E-state index contributed by atoms with van der Waals surface area (Å²) in [7, 11) is 0. The zero-order valence-electron chi connectivity index (χ0n) is 24.3. The Morgan fingerprint density at radius 1 is 0.689 bits per heavy atom. The van der Waals surface area contributed by atoms with Gasteiger partial charge in [0.1, 0.15) is 6.33 Å². The van der Waals surface area contributed by atoms with Gasteiger partial charge in [0.05, 0.1) is 11.3 Å². The van der Waals surface area contributed by atoms with Gasteiger partial charge in [0.15, 0.2) is 0 Å². The van der Waals surface area contributed by atoms with E-state index >= 15 is 0 Å². The van der Waals surface area contributed by atoms with Crippen LogP contribution in [0.5, 0.6) is 11.5 Å². The molecule has 0 bridgehead atoms. The van der Waals surface area contributed by atoms with Gasteiger partial charge in [-0.2, -0.15) is 11.2 Å². The minimum atomic E-state index is 0. The largest absolute Gasteiger partial charge is 2.00 e. The van der Waals surface area contributed by atoms with Crippen LogP contribution in [0.4, 0.5) is 0 Å². The normalized spacial score (nSPS) is 11.6. The number of hydrogen-bond acceptors (Lipinski definition) is 4. The Bertz CT molecular complexity index is 2560. The SMILES string of the molecule is Cc1cccc(C)c1-n1ccnc1-n1c2[c-]c(Oc3[c-]c4c(cc3)c3ccccc3n3cnnc43)ccc2c2ccccc21.[Pt+2]. The molecule has 0 unspecified atom stereocenters. The third-order valence-corrected chi connectivity index (χ3v) is 8.42. The number of pyridine rings is 1. The summed E-state index contributed by atoms with van der Waals surface area (Å²) in [4.78, 5) is 4.86. The molecule has 9 rings (SSSR count). The van der Waals surface area contributed by atoms with Gasteiger partial charge in [-0.25, -0.2) is 4.98 Å². The van der Waals surface area contributed by atoms with E-state index in [9.17, 15) is 0 Å². The number of imidazole rings is 1. The first-order valence-corrected chi connectivity index (χ1v) is 14.5. The summed E-state index contributed by atoms with van der Waals surface area (Å²) in [5.74, 6) is 1.95. The summed E-state index contributed by atoms with van der Waals surface area (Å²) in [6.07, 6.45) is 5.60. The van der Waals surface area contributed by atoms with Crippen molar-refractivity contribution in [1.82, 2.24) is 28.7 Å². The van der Waals surface area contributed by atoms with Crippen molar-refractivity contribution in [2.75, 3.05) is 0 Å². The van der Waals surface area contributed by atoms with Crippen molar-refractivity contribution in [3.05, 3.63) is 133 Å². The van der Waals surface area contributed by atoms with E-state index in [2.05, 4.69) is 112 Å². The van der Waals surface area contributed by atoms with Crippen LogP contribution < -0.4 is 4.74 Å². The molecule has 0 radical (unpaired) electrons. The van der Waals surface area contributed by atoms with Crippen LogP contribution in [0, 0.1) is 26.0 Å². The summed E-state index contributed by atoms with van der Waals surface area (Å²) >= 11 is 0. The van der Waals surface area contributed by atoms with Gasteiger partial charge in [-0.15, -0.1) is 34.8 Å². The van der Waals surface area contributed by atoms with Crippen molar-refractivity contribution in [2.24, 2.45) is 0 Å². The summed E-state index contributed by atoms with van der Waals surface area (Å²) < 4.78 is 12.8. The number of hydrogen-bond donors (Lipinski definition) is 0. The van der Waals surface area contributed by atoms with E-state index in [4.69, 9.17) is 9.72 Å². The Balaban J connectivity index is 0.00000300. The number of para-hydroxylation sites is 3. The zero-order valence-corrected chi connectivity index (χ0v) is 26.6. The molecule has 218 valence electrons. The third kappa shape index (κ3) is 4.11. The fourth-order valence-corrected chi connectivity index (χ4v) is 6.51. The molecule has 0 N–H and O–H groups in total. The van der Waals surface area contributed by atoms with Crippen LogP contribution in [0.25, 0.3) is 60.8 Å². The topological polar surface area (TPSA) is 62.2 Å². The van der Waals surface area contributed by atoms with E-state index in [-0.39, 0.29) is 21.1 Å². The Labute approximate surface area is 272 Å². The molecule has 0 saturated carbocycles. The summed E-state index contributed by atoms with van der Waals surface area (Å²) in [5, 5.41) is 13.8. The average molecular weight is 764 g/mol. The molecule has 0 spiro atoms. The summed E-state index contributed by atoms with van der Waals surface area (Å²) in [5.41, 5.74) is 7.20. The Kier molecular flexibility index (Phi) is 6.33. The smallest absolute Gasteiger partial charge is 0.503 e. The number of nitrogens with zero attached hydrogens (tertiary/aromatic N) is 6. The van der Waals surface area contributed by atoms with Gasteiger partial charge in [-0.05, 0) is 47.9 Å². The molecular formula is C37H24N6OPt. The molecule has 0 aliphatic carbocycles. The molecule has 0 fully saturated rings. The fraction of sp³-hybridized carbons (Fsp3) is 0.0541. The second kappa shape index (κ2) is 10.4. The molecule has 0 aliphatic rings. The van der Waals surface area contributed by atoms with Gasteiger partial charge < -0.3 is 13.7 Å². The van der Waals surface area contributed by atoms with Crippen LogP contribution in [-0.4, -0.2) is 28.7 Å². The predicted octanol–water partition coefficient (Wildman–Crippen LogP) is 8.33. The van der Waals surface area contributed by atoms with Crippen molar-refractivity contribution in [2.45, 2.75) is 13.8 Å².